The van der Waals surface area contributed by atoms with Gasteiger partial charge in [0.1, 0.15) is 0 Å². The molecule has 0 bridgehead atoms. The van der Waals surface area contributed by atoms with Crippen LogP contribution in [0.1, 0.15) is 12.6 Å². The van der Waals surface area contributed by atoms with Crippen LogP contribution >= 0.6 is 0 Å². The number of aromatic amines is 1. The van der Waals surface area contributed by atoms with Gasteiger partial charge in [0.25, 0.3) is 0 Å². The fraction of sp³-hybridized carbons (Fsp3) is 0.462. The van der Waals surface area contributed by atoms with Crippen LogP contribution in [-0.4, -0.2) is 40.5 Å². The van der Waals surface area contributed by atoms with E-state index >= 15 is 0 Å². The molecule has 2 aromatic heterocycles. The normalized spacial score (nSPS) is 22.1. The minimum absolute atomic E-state index is 0.605. The van der Waals surface area contributed by atoms with Crippen LogP contribution in [0.15, 0.2) is 24.5 Å². The van der Waals surface area contributed by atoms with Crippen LogP contribution in [0.4, 0.5) is 0 Å². The van der Waals surface area contributed by atoms with Crippen LogP contribution in [0.2, 0.25) is 0 Å². The van der Waals surface area contributed by atoms with Crippen LogP contribution in [-0.2, 0) is 6.54 Å². The fourth-order valence-electron chi connectivity index (χ4n) is 2.45. The van der Waals surface area contributed by atoms with Crippen molar-refractivity contribution < 1.29 is 0 Å². The molecule has 1 aliphatic rings. The molecule has 1 unspecified atom stereocenters. The summed E-state index contributed by atoms with van der Waals surface area (Å²) in [6.07, 6.45) is 3.74. The van der Waals surface area contributed by atoms with Crippen LogP contribution in [0.5, 0.6) is 0 Å². The molecule has 0 saturated carbocycles. The Labute approximate surface area is 101 Å². The van der Waals surface area contributed by atoms with Crippen molar-refractivity contribution in [2.75, 3.05) is 19.6 Å². The summed E-state index contributed by atoms with van der Waals surface area (Å²) in [5.41, 5.74) is 2.46. The fourth-order valence-corrected chi connectivity index (χ4v) is 2.45. The molecule has 0 spiro atoms. The van der Waals surface area contributed by atoms with Gasteiger partial charge in [-0.05, 0) is 19.1 Å². The lowest BCUT2D eigenvalue weighted by Crippen LogP contribution is -2.49. The summed E-state index contributed by atoms with van der Waals surface area (Å²) in [6, 6.07) is 4.84. The lowest BCUT2D eigenvalue weighted by molar-refractivity contribution is 0.164. The van der Waals surface area contributed by atoms with Gasteiger partial charge in [-0.3, -0.25) is 9.88 Å². The lowest BCUT2D eigenvalue weighted by Gasteiger charge is -2.33. The summed E-state index contributed by atoms with van der Waals surface area (Å²) in [6.45, 7) is 6.57. The third-order valence-electron chi connectivity index (χ3n) is 3.49. The van der Waals surface area contributed by atoms with E-state index in [0.29, 0.717) is 6.04 Å². The van der Waals surface area contributed by atoms with Crippen LogP contribution in [0.25, 0.3) is 10.9 Å². The van der Waals surface area contributed by atoms with Gasteiger partial charge in [-0.1, -0.05) is 0 Å². The number of aromatic nitrogens is 2. The van der Waals surface area contributed by atoms with Gasteiger partial charge in [0, 0.05) is 61.2 Å². The van der Waals surface area contributed by atoms with Crippen LogP contribution in [0, 0.1) is 0 Å². The second-order valence-electron chi connectivity index (χ2n) is 4.78. The van der Waals surface area contributed by atoms with Gasteiger partial charge in [-0.25, -0.2) is 0 Å². The molecule has 0 aliphatic carbocycles. The third-order valence-corrected chi connectivity index (χ3v) is 3.49. The molecule has 0 aromatic carbocycles. The minimum Gasteiger partial charge on any atom is -0.357 e. The molecule has 1 atom stereocenters. The molecule has 4 heteroatoms. The summed E-state index contributed by atoms with van der Waals surface area (Å²) >= 11 is 0. The summed E-state index contributed by atoms with van der Waals surface area (Å²) in [4.78, 5) is 10.1. The van der Waals surface area contributed by atoms with Crippen molar-refractivity contribution in [3.8, 4) is 0 Å². The SMILES string of the molecule is CC1CNCCN1Cc1cc2cnccc2[nH]1. The second kappa shape index (κ2) is 4.47. The predicted molar refractivity (Wildman–Crippen MR) is 68.8 cm³/mol. The van der Waals surface area contributed by atoms with Gasteiger partial charge >= 0.3 is 0 Å². The molecule has 90 valence electrons. The van der Waals surface area contributed by atoms with Crippen LogP contribution in [0.3, 0.4) is 0 Å². The van der Waals surface area contributed by atoms with Gasteiger partial charge in [0.2, 0.25) is 0 Å². The molecule has 3 heterocycles. The average molecular weight is 230 g/mol. The molecule has 0 amide bonds. The zero-order valence-electron chi connectivity index (χ0n) is 10.1. The third kappa shape index (κ3) is 2.18. The average Bonchev–Trinajstić information content (AvgIpc) is 2.74. The maximum atomic E-state index is 4.14. The highest BCUT2D eigenvalue weighted by Crippen LogP contribution is 2.16. The molecular weight excluding hydrogens is 212 g/mol. The van der Waals surface area contributed by atoms with Gasteiger partial charge in [0.05, 0.1) is 0 Å². The molecule has 2 N–H and O–H groups in total. The smallest absolute Gasteiger partial charge is 0.0487 e. The number of hydrogen-bond donors (Lipinski definition) is 2. The van der Waals surface area contributed by atoms with Gasteiger partial charge < -0.3 is 10.3 Å². The number of fused-ring (bicyclic) bond motifs is 1. The molecule has 2 aromatic rings. The van der Waals surface area contributed by atoms with E-state index in [1.165, 1.54) is 16.6 Å². The Morgan fingerprint density at radius 2 is 2.47 bits per heavy atom. The maximum Gasteiger partial charge on any atom is 0.0487 e. The quantitative estimate of drug-likeness (QED) is 0.818. The van der Waals surface area contributed by atoms with E-state index in [-0.39, 0.29) is 0 Å². The van der Waals surface area contributed by atoms with Crippen molar-refractivity contribution in [1.29, 1.82) is 0 Å². The zero-order chi connectivity index (χ0) is 11.7. The minimum atomic E-state index is 0.605. The number of piperazine rings is 1. The number of pyridine rings is 1. The first-order chi connectivity index (χ1) is 8.33. The summed E-state index contributed by atoms with van der Waals surface area (Å²) in [7, 11) is 0. The Morgan fingerprint density at radius 3 is 3.29 bits per heavy atom. The Balaban J connectivity index is 1.79. The molecule has 0 radical (unpaired) electrons. The molecular formula is C13H18N4. The van der Waals surface area contributed by atoms with E-state index in [9.17, 15) is 0 Å². The van der Waals surface area contributed by atoms with Crippen molar-refractivity contribution in [2.45, 2.75) is 19.5 Å². The van der Waals surface area contributed by atoms with Gasteiger partial charge in [-0.2, -0.15) is 0 Å². The number of nitrogens with zero attached hydrogens (tertiary/aromatic N) is 2. The van der Waals surface area contributed by atoms with E-state index in [1.54, 1.807) is 0 Å². The summed E-state index contributed by atoms with van der Waals surface area (Å²) < 4.78 is 0. The van der Waals surface area contributed by atoms with Crippen LogP contribution < -0.4 is 5.32 Å². The van der Waals surface area contributed by atoms with Crippen molar-refractivity contribution in [1.82, 2.24) is 20.2 Å². The maximum absolute atomic E-state index is 4.14. The van der Waals surface area contributed by atoms with Crippen molar-refractivity contribution in [2.24, 2.45) is 0 Å². The van der Waals surface area contributed by atoms with Crippen molar-refractivity contribution >= 4 is 10.9 Å². The number of hydrogen-bond acceptors (Lipinski definition) is 3. The molecule has 3 rings (SSSR count). The zero-order valence-corrected chi connectivity index (χ0v) is 10.1. The van der Waals surface area contributed by atoms with E-state index in [1.807, 2.05) is 18.5 Å². The molecule has 1 saturated heterocycles. The highest BCUT2D eigenvalue weighted by Gasteiger charge is 2.18. The predicted octanol–water partition coefficient (Wildman–Crippen LogP) is 1.36. The first-order valence-electron chi connectivity index (χ1n) is 6.19. The van der Waals surface area contributed by atoms with E-state index in [4.69, 9.17) is 0 Å². The first-order valence-corrected chi connectivity index (χ1v) is 6.19. The van der Waals surface area contributed by atoms with E-state index < -0.39 is 0 Å². The molecule has 4 nitrogen and oxygen atoms in total. The summed E-state index contributed by atoms with van der Waals surface area (Å²) in [5, 5.41) is 4.61. The number of H-pyrrole nitrogens is 1. The number of rotatable bonds is 2. The highest BCUT2D eigenvalue weighted by molar-refractivity contribution is 5.79. The highest BCUT2D eigenvalue weighted by atomic mass is 15.2. The largest absolute Gasteiger partial charge is 0.357 e. The second-order valence-corrected chi connectivity index (χ2v) is 4.78. The summed E-state index contributed by atoms with van der Waals surface area (Å²) in [5.74, 6) is 0. The van der Waals surface area contributed by atoms with Gasteiger partial charge in [0.15, 0.2) is 0 Å². The number of nitrogens with one attached hydrogen (secondary N) is 2. The standard InChI is InChI=1S/C13H18N4/c1-10-7-15-4-5-17(10)9-12-6-11-8-14-3-2-13(11)16-12/h2-3,6,8,10,15-16H,4-5,7,9H2,1H3. The molecule has 1 fully saturated rings. The van der Waals surface area contributed by atoms with Crippen molar-refractivity contribution in [3.63, 3.8) is 0 Å². The topological polar surface area (TPSA) is 44.0 Å². The lowest BCUT2D eigenvalue weighted by atomic mass is 10.2. The Bertz CT molecular complexity index is 472. The van der Waals surface area contributed by atoms with E-state index in [2.05, 4.69) is 33.2 Å². The molecule has 1 aliphatic heterocycles. The first kappa shape index (κ1) is 10.7. The Kier molecular flexibility index (Phi) is 2.82. The Morgan fingerprint density at radius 1 is 1.53 bits per heavy atom. The van der Waals surface area contributed by atoms with Gasteiger partial charge in [-0.15, -0.1) is 0 Å². The molecule has 17 heavy (non-hydrogen) atoms. The monoisotopic (exact) mass is 230 g/mol. The Hall–Kier alpha value is -1.39. The van der Waals surface area contributed by atoms with E-state index in [0.717, 1.165) is 26.2 Å². The van der Waals surface area contributed by atoms with Crippen molar-refractivity contribution in [3.05, 3.63) is 30.2 Å².